The summed E-state index contributed by atoms with van der Waals surface area (Å²) in [5.74, 6) is -0.288. The van der Waals surface area contributed by atoms with Crippen LogP contribution in [0.1, 0.15) is 22.2 Å². The topological polar surface area (TPSA) is 54.4 Å². The zero-order valence-corrected chi connectivity index (χ0v) is 13.8. The first-order valence-corrected chi connectivity index (χ1v) is 7.67. The van der Waals surface area contributed by atoms with E-state index in [0.29, 0.717) is 5.56 Å². The molecule has 2 aromatic heterocycles. The van der Waals surface area contributed by atoms with Crippen LogP contribution in [0.3, 0.4) is 0 Å². The van der Waals surface area contributed by atoms with E-state index in [9.17, 15) is 4.79 Å². The predicted molar refractivity (Wildman–Crippen MR) is 83.6 cm³/mol. The Kier molecular flexibility index (Phi) is 4.84. The van der Waals surface area contributed by atoms with Crippen molar-refractivity contribution >= 4 is 54.8 Å². The molecule has 2 rings (SSSR count). The molecule has 0 saturated heterocycles. The van der Waals surface area contributed by atoms with Gasteiger partial charge in [-0.2, -0.15) is 5.10 Å². The molecule has 0 aliphatic rings. The van der Waals surface area contributed by atoms with Crippen molar-refractivity contribution in [2.75, 3.05) is 0 Å². The lowest BCUT2D eigenvalue weighted by molar-refractivity contribution is 0.0954. The maximum atomic E-state index is 11.9. The van der Waals surface area contributed by atoms with Crippen molar-refractivity contribution in [1.29, 1.82) is 0 Å². The molecule has 0 spiro atoms. The van der Waals surface area contributed by atoms with Gasteiger partial charge in [-0.15, -0.1) is 11.3 Å². The van der Waals surface area contributed by atoms with E-state index in [-0.39, 0.29) is 5.91 Å². The van der Waals surface area contributed by atoms with E-state index in [1.54, 1.807) is 23.6 Å². The molecule has 2 heterocycles. The number of halogens is 2. The maximum Gasteiger partial charge on any atom is 0.272 e. The summed E-state index contributed by atoms with van der Waals surface area (Å²) in [5.41, 5.74) is 3.73. The first-order valence-electron chi connectivity index (χ1n) is 5.27. The van der Waals surface area contributed by atoms with Gasteiger partial charge in [0, 0.05) is 16.9 Å². The van der Waals surface area contributed by atoms with Crippen LogP contribution in [0.2, 0.25) is 0 Å². The molecule has 0 saturated carbocycles. The highest BCUT2D eigenvalue weighted by Gasteiger charge is 2.06. The van der Waals surface area contributed by atoms with E-state index in [1.165, 1.54) is 6.20 Å². The number of nitrogens with zero attached hydrogens (tertiary/aromatic N) is 2. The van der Waals surface area contributed by atoms with Crippen molar-refractivity contribution in [2.24, 2.45) is 5.10 Å². The Morgan fingerprint density at radius 3 is 2.79 bits per heavy atom. The lowest BCUT2D eigenvalue weighted by Gasteiger charge is -2.01. The molecule has 4 nitrogen and oxygen atoms in total. The largest absolute Gasteiger partial charge is 0.272 e. The quantitative estimate of drug-likeness (QED) is 0.626. The zero-order chi connectivity index (χ0) is 13.8. The molecule has 0 radical (unpaired) electrons. The summed E-state index contributed by atoms with van der Waals surface area (Å²) in [7, 11) is 0. The molecule has 0 aromatic carbocycles. The van der Waals surface area contributed by atoms with Crippen LogP contribution in [-0.4, -0.2) is 16.6 Å². The number of carbonyl (C=O) groups excluding carboxylic acids is 1. The molecule has 0 aliphatic heterocycles. The van der Waals surface area contributed by atoms with Crippen LogP contribution in [0.4, 0.5) is 0 Å². The van der Waals surface area contributed by atoms with Gasteiger partial charge in [0.1, 0.15) is 0 Å². The summed E-state index contributed by atoms with van der Waals surface area (Å²) in [4.78, 5) is 16.8. The summed E-state index contributed by atoms with van der Waals surface area (Å²) in [5, 5.41) is 4.08. The monoisotopic (exact) mass is 401 g/mol. The van der Waals surface area contributed by atoms with Gasteiger partial charge in [-0.05, 0) is 57.0 Å². The predicted octanol–water partition coefficient (Wildman–Crippen LogP) is 3.82. The first-order chi connectivity index (χ1) is 9.06. The van der Waals surface area contributed by atoms with Crippen LogP contribution in [0.5, 0.6) is 0 Å². The number of amides is 1. The molecule has 98 valence electrons. The van der Waals surface area contributed by atoms with Crippen LogP contribution >= 0.6 is 43.2 Å². The second-order valence-electron chi connectivity index (χ2n) is 3.63. The molecule has 0 bridgehead atoms. The fourth-order valence-electron chi connectivity index (χ4n) is 1.30. The number of hydrogen-bond acceptors (Lipinski definition) is 4. The Morgan fingerprint density at radius 2 is 2.16 bits per heavy atom. The molecule has 0 aliphatic carbocycles. The molecule has 2 aromatic rings. The summed E-state index contributed by atoms with van der Waals surface area (Å²) in [6.07, 6.45) is 3.11. The minimum absolute atomic E-state index is 0.288. The second kappa shape index (κ2) is 6.40. The van der Waals surface area contributed by atoms with Gasteiger partial charge in [-0.25, -0.2) is 5.43 Å². The van der Waals surface area contributed by atoms with E-state index in [1.807, 2.05) is 19.1 Å². The highest BCUT2D eigenvalue weighted by atomic mass is 79.9. The summed E-state index contributed by atoms with van der Waals surface area (Å²) in [6, 6.07) is 5.58. The van der Waals surface area contributed by atoms with Gasteiger partial charge in [0.15, 0.2) is 0 Å². The molecular formula is C12H9Br2N3OS. The van der Waals surface area contributed by atoms with Crippen molar-refractivity contribution < 1.29 is 4.79 Å². The van der Waals surface area contributed by atoms with Crippen molar-refractivity contribution in [3.8, 4) is 0 Å². The summed E-state index contributed by atoms with van der Waals surface area (Å²) in [6.45, 7) is 1.84. The van der Waals surface area contributed by atoms with E-state index in [4.69, 9.17) is 0 Å². The zero-order valence-electron chi connectivity index (χ0n) is 9.85. The van der Waals surface area contributed by atoms with E-state index in [0.717, 1.165) is 18.8 Å². The molecule has 7 heteroatoms. The minimum atomic E-state index is -0.288. The highest BCUT2D eigenvalue weighted by Crippen LogP contribution is 2.22. The fraction of sp³-hybridized carbons (Fsp3) is 0.0833. The Hall–Kier alpha value is -1.05. The number of rotatable bonds is 3. The summed E-state index contributed by atoms with van der Waals surface area (Å²) < 4.78 is 1.78. The van der Waals surface area contributed by atoms with Crippen molar-refractivity contribution in [3.05, 3.63) is 49.3 Å². The molecule has 1 N–H and O–H groups in total. The molecule has 1 amide bonds. The van der Waals surface area contributed by atoms with Gasteiger partial charge in [0.05, 0.1) is 19.9 Å². The van der Waals surface area contributed by atoms with E-state index in [2.05, 4.69) is 47.4 Å². The molecule has 19 heavy (non-hydrogen) atoms. The van der Waals surface area contributed by atoms with E-state index >= 15 is 0 Å². The number of hydrazone groups is 1. The lowest BCUT2D eigenvalue weighted by Crippen LogP contribution is -2.19. The maximum absolute atomic E-state index is 11.9. The first kappa shape index (κ1) is 14.4. The highest BCUT2D eigenvalue weighted by molar-refractivity contribution is 9.11. The fourth-order valence-corrected chi connectivity index (χ4v) is 2.99. The van der Waals surface area contributed by atoms with Gasteiger partial charge < -0.3 is 0 Å². The Labute approximate surface area is 131 Å². The Balaban J connectivity index is 2.07. The minimum Gasteiger partial charge on any atom is -0.267 e. The number of thiophene rings is 1. The van der Waals surface area contributed by atoms with E-state index < -0.39 is 0 Å². The Morgan fingerprint density at radius 1 is 1.37 bits per heavy atom. The smallest absolute Gasteiger partial charge is 0.267 e. The molecule has 0 unspecified atom stereocenters. The third kappa shape index (κ3) is 3.95. The summed E-state index contributed by atoms with van der Waals surface area (Å²) >= 11 is 8.22. The SMILES string of the molecule is C/C(=N/NC(=O)c1cncc(Br)c1)c1ccc(Br)s1. The number of nitrogens with one attached hydrogen (secondary N) is 1. The molecule has 0 atom stereocenters. The number of carbonyl (C=O) groups is 1. The number of pyridine rings is 1. The van der Waals surface area contributed by atoms with Crippen LogP contribution in [-0.2, 0) is 0 Å². The van der Waals surface area contributed by atoms with Crippen LogP contribution in [0.15, 0.2) is 44.0 Å². The van der Waals surface area contributed by atoms with Gasteiger partial charge in [0.2, 0.25) is 0 Å². The van der Waals surface area contributed by atoms with Gasteiger partial charge in [-0.1, -0.05) is 0 Å². The van der Waals surface area contributed by atoms with Gasteiger partial charge >= 0.3 is 0 Å². The van der Waals surface area contributed by atoms with Crippen LogP contribution < -0.4 is 5.43 Å². The number of hydrogen-bond donors (Lipinski definition) is 1. The molecular weight excluding hydrogens is 394 g/mol. The lowest BCUT2D eigenvalue weighted by atomic mass is 10.3. The average Bonchev–Trinajstić information content (AvgIpc) is 2.82. The van der Waals surface area contributed by atoms with Crippen molar-refractivity contribution in [1.82, 2.24) is 10.4 Å². The van der Waals surface area contributed by atoms with Gasteiger partial charge in [0.25, 0.3) is 5.91 Å². The number of aromatic nitrogens is 1. The third-order valence-corrected chi connectivity index (χ3v) is 4.39. The van der Waals surface area contributed by atoms with Crippen LogP contribution in [0, 0.1) is 0 Å². The Bertz CT molecular complexity index is 639. The second-order valence-corrected chi connectivity index (χ2v) is 7.01. The molecule has 0 fully saturated rings. The third-order valence-electron chi connectivity index (χ3n) is 2.22. The van der Waals surface area contributed by atoms with Crippen molar-refractivity contribution in [2.45, 2.75) is 6.92 Å². The van der Waals surface area contributed by atoms with Crippen molar-refractivity contribution in [3.63, 3.8) is 0 Å². The van der Waals surface area contributed by atoms with Crippen LogP contribution in [0.25, 0.3) is 0 Å². The average molecular weight is 403 g/mol. The normalized spacial score (nSPS) is 11.4. The van der Waals surface area contributed by atoms with Gasteiger partial charge in [-0.3, -0.25) is 9.78 Å². The standard InChI is InChI=1S/C12H9Br2N3OS/c1-7(10-2-3-11(14)19-10)16-17-12(18)8-4-9(13)6-15-5-8/h2-6H,1H3,(H,17,18)/b16-7-.